The van der Waals surface area contributed by atoms with Gasteiger partial charge >= 0.3 is 0 Å². The van der Waals surface area contributed by atoms with E-state index in [0.717, 1.165) is 37.4 Å². The van der Waals surface area contributed by atoms with Crippen molar-refractivity contribution in [3.8, 4) is 0 Å². The first kappa shape index (κ1) is 26.6. The molecular weight excluding hydrogens is 473 g/mol. The molecule has 0 N–H and O–H groups in total. The Bertz CT molecular complexity index is 1140. The molecule has 2 amide bonds. The van der Waals surface area contributed by atoms with Gasteiger partial charge in [-0.15, -0.1) is 0 Å². The van der Waals surface area contributed by atoms with Crippen LogP contribution < -0.4 is 0 Å². The minimum atomic E-state index is -0.408. The summed E-state index contributed by atoms with van der Waals surface area (Å²) < 4.78 is 24.6. The number of rotatable bonds is 11. The van der Waals surface area contributed by atoms with E-state index in [1.807, 2.05) is 49.4 Å². The van der Waals surface area contributed by atoms with Crippen molar-refractivity contribution in [2.24, 2.45) is 0 Å². The molecule has 2 heterocycles. The predicted molar refractivity (Wildman–Crippen MR) is 138 cm³/mol. The average Bonchev–Trinajstić information content (AvgIpc) is 3.33. The van der Waals surface area contributed by atoms with Crippen molar-refractivity contribution in [3.05, 3.63) is 95.2 Å². The van der Waals surface area contributed by atoms with Gasteiger partial charge in [0.2, 0.25) is 5.91 Å². The molecular formula is C29H34FN3O4. The number of halogens is 1. The van der Waals surface area contributed by atoms with Crippen LogP contribution in [0.4, 0.5) is 4.39 Å². The third-order valence-electron chi connectivity index (χ3n) is 6.42. The molecule has 37 heavy (non-hydrogen) atoms. The van der Waals surface area contributed by atoms with Gasteiger partial charge in [0.15, 0.2) is 0 Å². The molecule has 196 valence electrons. The lowest BCUT2D eigenvalue weighted by molar-refractivity contribution is -0.133. The number of hydrogen-bond donors (Lipinski definition) is 0. The van der Waals surface area contributed by atoms with Crippen LogP contribution in [0.25, 0.3) is 0 Å². The maximum atomic E-state index is 13.6. The van der Waals surface area contributed by atoms with Gasteiger partial charge in [0, 0.05) is 38.3 Å². The van der Waals surface area contributed by atoms with Crippen molar-refractivity contribution in [2.75, 3.05) is 45.9 Å². The monoisotopic (exact) mass is 507 g/mol. The SMILES string of the molecule is Cc1ccc(CN(Cc2ccccc2)C(=O)CN(CCCN2CCOCC2)C(=O)c2ccc(F)cc2)o1. The molecule has 3 aromatic rings. The summed E-state index contributed by atoms with van der Waals surface area (Å²) >= 11 is 0. The molecule has 7 nitrogen and oxygen atoms in total. The summed E-state index contributed by atoms with van der Waals surface area (Å²) in [5.41, 5.74) is 1.35. The molecule has 1 aliphatic rings. The number of carbonyl (C=O) groups is 2. The van der Waals surface area contributed by atoms with Crippen LogP contribution in [0.5, 0.6) is 0 Å². The van der Waals surface area contributed by atoms with Crippen LogP contribution in [0.2, 0.25) is 0 Å². The van der Waals surface area contributed by atoms with E-state index in [1.165, 1.54) is 24.3 Å². The number of amides is 2. The Morgan fingerprint density at radius 1 is 0.919 bits per heavy atom. The van der Waals surface area contributed by atoms with E-state index in [2.05, 4.69) is 4.90 Å². The first-order valence-corrected chi connectivity index (χ1v) is 12.7. The zero-order valence-electron chi connectivity index (χ0n) is 21.3. The molecule has 0 atom stereocenters. The maximum Gasteiger partial charge on any atom is 0.254 e. The molecule has 0 spiro atoms. The molecule has 0 bridgehead atoms. The minimum absolute atomic E-state index is 0.0775. The van der Waals surface area contributed by atoms with E-state index in [9.17, 15) is 14.0 Å². The number of furan rings is 1. The second kappa shape index (κ2) is 13.2. The van der Waals surface area contributed by atoms with Gasteiger partial charge < -0.3 is 19.0 Å². The first-order valence-electron chi connectivity index (χ1n) is 12.7. The predicted octanol–water partition coefficient (Wildman–Crippen LogP) is 4.12. The molecule has 0 unspecified atom stereocenters. The van der Waals surface area contributed by atoms with Crippen molar-refractivity contribution in [1.82, 2.24) is 14.7 Å². The molecule has 8 heteroatoms. The van der Waals surface area contributed by atoms with Crippen LogP contribution in [0, 0.1) is 12.7 Å². The third kappa shape index (κ3) is 8.00. The zero-order chi connectivity index (χ0) is 26.0. The molecule has 1 saturated heterocycles. The topological polar surface area (TPSA) is 66.2 Å². The fraction of sp³-hybridized carbons (Fsp3) is 0.379. The summed E-state index contributed by atoms with van der Waals surface area (Å²) in [5.74, 6) is 0.585. The van der Waals surface area contributed by atoms with Crippen molar-refractivity contribution in [3.63, 3.8) is 0 Å². The summed E-state index contributed by atoms with van der Waals surface area (Å²) in [6, 6.07) is 18.9. The number of carbonyl (C=O) groups excluding carboxylic acids is 2. The van der Waals surface area contributed by atoms with Gasteiger partial charge in [-0.05, 0) is 55.3 Å². The van der Waals surface area contributed by atoms with Gasteiger partial charge in [-0.25, -0.2) is 4.39 Å². The maximum absolute atomic E-state index is 13.6. The normalized spacial score (nSPS) is 13.9. The smallest absolute Gasteiger partial charge is 0.254 e. The number of aryl methyl sites for hydroxylation is 1. The van der Waals surface area contributed by atoms with Crippen molar-refractivity contribution >= 4 is 11.8 Å². The van der Waals surface area contributed by atoms with Crippen LogP contribution in [-0.2, 0) is 22.6 Å². The van der Waals surface area contributed by atoms with Gasteiger partial charge in [0.1, 0.15) is 23.9 Å². The van der Waals surface area contributed by atoms with Crippen LogP contribution in [-0.4, -0.2) is 72.5 Å². The van der Waals surface area contributed by atoms with Crippen molar-refractivity contribution in [1.29, 1.82) is 0 Å². The highest BCUT2D eigenvalue weighted by Crippen LogP contribution is 2.15. The number of hydrogen-bond acceptors (Lipinski definition) is 5. The van der Waals surface area contributed by atoms with E-state index in [-0.39, 0.29) is 18.4 Å². The Labute approximate surface area is 217 Å². The highest BCUT2D eigenvalue weighted by molar-refractivity contribution is 5.96. The first-order chi connectivity index (χ1) is 18.0. The Balaban J connectivity index is 1.49. The summed E-state index contributed by atoms with van der Waals surface area (Å²) in [6.45, 7) is 6.84. The number of ether oxygens (including phenoxy) is 1. The Morgan fingerprint density at radius 3 is 2.32 bits per heavy atom. The lowest BCUT2D eigenvalue weighted by Crippen LogP contribution is -2.44. The van der Waals surface area contributed by atoms with E-state index in [4.69, 9.17) is 9.15 Å². The van der Waals surface area contributed by atoms with Gasteiger partial charge in [-0.2, -0.15) is 0 Å². The number of nitrogens with zero attached hydrogens (tertiary/aromatic N) is 3. The van der Waals surface area contributed by atoms with Crippen molar-refractivity contribution < 1.29 is 23.1 Å². The quantitative estimate of drug-likeness (QED) is 0.391. The highest BCUT2D eigenvalue weighted by atomic mass is 19.1. The van der Waals surface area contributed by atoms with Crippen LogP contribution in [0.3, 0.4) is 0 Å². The second-order valence-electron chi connectivity index (χ2n) is 9.29. The summed E-state index contributed by atoms with van der Waals surface area (Å²) in [6.07, 6.45) is 0.719. The largest absolute Gasteiger partial charge is 0.464 e. The summed E-state index contributed by atoms with van der Waals surface area (Å²) in [4.78, 5) is 32.6. The Kier molecular flexibility index (Phi) is 9.46. The summed E-state index contributed by atoms with van der Waals surface area (Å²) in [5, 5.41) is 0. The molecule has 1 aliphatic heterocycles. The number of morpholine rings is 1. The molecule has 4 rings (SSSR count). The number of benzene rings is 2. The lowest BCUT2D eigenvalue weighted by atomic mass is 10.1. The molecule has 0 saturated carbocycles. The summed E-state index contributed by atoms with van der Waals surface area (Å²) in [7, 11) is 0. The van der Waals surface area contributed by atoms with E-state index < -0.39 is 5.82 Å². The standard InChI is InChI=1S/C29H34FN3O4/c1-23-8-13-27(37-23)21-33(20-24-6-3-2-4-7-24)28(34)22-32(15-5-14-31-16-18-36-19-17-31)29(35)25-9-11-26(30)12-10-25/h2-4,6-13H,5,14-22H2,1H3. The van der Waals surface area contributed by atoms with Crippen LogP contribution >= 0.6 is 0 Å². The molecule has 1 fully saturated rings. The zero-order valence-corrected chi connectivity index (χ0v) is 21.3. The van der Waals surface area contributed by atoms with Crippen molar-refractivity contribution in [2.45, 2.75) is 26.4 Å². The molecule has 1 aromatic heterocycles. The molecule has 0 aliphatic carbocycles. The average molecular weight is 508 g/mol. The minimum Gasteiger partial charge on any atom is -0.464 e. The fourth-order valence-electron chi connectivity index (χ4n) is 4.39. The third-order valence-corrected chi connectivity index (χ3v) is 6.42. The Morgan fingerprint density at radius 2 is 1.65 bits per heavy atom. The molecule has 0 radical (unpaired) electrons. The van der Waals surface area contributed by atoms with Gasteiger partial charge in [-0.1, -0.05) is 30.3 Å². The van der Waals surface area contributed by atoms with E-state index in [0.29, 0.717) is 44.2 Å². The van der Waals surface area contributed by atoms with E-state index in [1.54, 1.807) is 9.80 Å². The van der Waals surface area contributed by atoms with Crippen LogP contribution in [0.15, 0.2) is 71.1 Å². The lowest BCUT2D eigenvalue weighted by Gasteiger charge is -2.30. The Hall–Kier alpha value is -3.49. The second-order valence-corrected chi connectivity index (χ2v) is 9.29. The van der Waals surface area contributed by atoms with Gasteiger partial charge in [-0.3, -0.25) is 14.5 Å². The fourth-order valence-corrected chi connectivity index (χ4v) is 4.39. The van der Waals surface area contributed by atoms with Crippen LogP contribution in [0.1, 0.15) is 33.9 Å². The molecule has 2 aromatic carbocycles. The van der Waals surface area contributed by atoms with Gasteiger partial charge in [0.25, 0.3) is 5.91 Å². The highest BCUT2D eigenvalue weighted by Gasteiger charge is 2.24. The van der Waals surface area contributed by atoms with E-state index >= 15 is 0 Å². The van der Waals surface area contributed by atoms with Gasteiger partial charge in [0.05, 0.1) is 19.8 Å².